The largest absolute Gasteiger partial charge is 0.481 e. The fourth-order valence-corrected chi connectivity index (χ4v) is 2.67. The van der Waals surface area contributed by atoms with Crippen molar-refractivity contribution in [2.24, 2.45) is 23.7 Å². The molecule has 18 heavy (non-hydrogen) atoms. The van der Waals surface area contributed by atoms with Gasteiger partial charge in [0.05, 0.1) is 17.8 Å². The number of rotatable bonds is 5. The molecule has 3 N–H and O–H groups in total. The third-order valence-corrected chi connectivity index (χ3v) is 3.39. The summed E-state index contributed by atoms with van der Waals surface area (Å²) in [6, 6.07) is 0. The van der Waals surface area contributed by atoms with Crippen LogP contribution in [0.2, 0.25) is 0 Å². The summed E-state index contributed by atoms with van der Waals surface area (Å²) in [6.07, 6.45) is -0.768. The highest BCUT2D eigenvalue weighted by Crippen LogP contribution is 2.44. The summed E-state index contributed by atoms with van der Waals surface area (Å²) in [4.78, 5) is 43.8. The fraction of sp³-hybridized carbons (Fsp3) is 0.600. The normalized spacial score (nSPS) is 30.9. The Labute approximate surface area is 106 Å². The van der Waals surface area contributed by atoms with Crippen molar-refractivity contribution >= 4 is 34.8 Å². The van der Waals surface area contributed by atoms with E-state index in [1.165, 1.54) is 0 Å². The van der Waals surface area contributed by atoms with Crippen LogP contribution in [-0.2, 0) is 19.2 Å². The van der Waals surface area contributed by atoms with Crippen LogP contribution in [0.1, 0.15) is 12.8 Å². The SMILES string of the molecule is O=C(Cl)CC1C(C(=O)O)CC(C(=O)O)C1C(=O)O. The third-order valence-electron chi connectivity index (χ3n) is 3.24. The van der Waals surface area contributed by atoms with Crippen LogP contribution >= 0.6 is 11.6 Å². The lowest BCUT2D eigenvalue weighted by Gasteiger charge is -2.19. The molecular weight excluding hydrogens is 268 g/mol. The van der Waals surface area contributed by atoms with Gasteiger partial charge in [-0.2, -0.15) is 0 Å². The maximum atomic E-state index is 11.1. The number of carboxylic acids is 3. The highest BCUT2D eigenvalue weighted by atomic mass is 35.5. The number of carboxylic acid groups (broad SMARTS) is 3. The molecule has 0 spiro atoms. The van der Waals surface area contributed by atoms with Gasteiger partial charge < -0.3 is 15.3 Å². The van der Waals surface area contributed by atoms with Gasteiger partial charge in [0.2, 0.25) is 5.24 Å². The van der Waals surface area contributed by atoms with E-state index in [4.69, 9.17) is 26.9 Å². The predicted molar refractivity (Wildman–Crippen MR) is 57.0 cm³/mol. The molecule has 1 rings (SSSR count). The average Bonchev–Trinajstić information content (AvgIpc) is 2.56. The molecule has 0 aromatic carbocycles. The van der Waals surface area contributed by atoms with Crippen molar-refractivity contribution in [3.63, 3.8) is 0 Å². The molecule has 0 amide bonds. The van der Waals surface area contributed by atoms with E-state index < -0.39 is 53.2 Å². The van der Waals surface area contributed by atoms with Crippen molar-refractivity contribution in [2.75, 3.05) is 0 Å². The number of hydrogen-bond acceptors (Lipinski definition) is 4. The minimum atomic E-state index is -1.42. The first-order chi connectivity index (χ1) is 8.25. The zero-order chi connectivity index (χ0) is 14.0. The Bertz CT molecular complexity index is 405. The molecule has 4 unspecified atom stereocenters. The highest BCUT2D eigenvalue weighted by Gasteiger charge is 2.53. The lowest BCUT2D eigenvalue weighted by atomic mass is 9.85. The summed E-state index contributed by atoms with van der Waals surface area (Å²) >= 11 is 5.15. The van der Waals surface area contributed by atoms with Gasteiger partial charge in [-0.25, -0.2) is 0 Å². The van der Waals surface area contributed by atoms with Gasteiger partial charge in [0.15, 0.2) is 0 Å². The zero-order valence-electron chi connectivity index (χ0n) is 9.08. The number of aliphatic carboxylic acids is 3. The van der Waals surface area contributed by atoms with Crippen LogP contribution in [0.5, 0.6) is 0 Å². The van der Waals surface area contributed by atoms with Crippen molar-refractivity contribution in [1.29, 1.82) is 0 Å². The van der Waals surface area contributed by atoms with Crippen LogP contribution in [0.15, 0.2) is 0 Å². The molecule has 7 nitrogen and oxygen atoms in total. The third kappa shape index (κ3) is 2.79. The van der Waals surface area contributed by atoms with E-state index in [-0.39, 0.29) is 6.42 Å². The van der Waals surface area contributed by atoms with Gasteiger partial charge in [0, 0.05) is 6.42 Å². The Morgan fingerprint density at radius 1 is 0.944 bits per heavy atom. The zero-order valence-corrected chi connectivity index (χ0v) is 9.83. The van der Waals surface area contributed by atoms with Gasteiger partial charge in [-0.15, -0.1) is 0 Å². The van der Waals surface area contributed by atoms with Crippen molar-refractivity contribution in [1.82, 2.24) is 0 Å². The Morgan fingerprint density at radius 3 is 1.78 bits per heavy atom. The number of carbonyl (C=O) groups excluding carboxylic acids is 1. The van der Waals surface area contributed by atoms with Crippen molar-refractivity contribution < 1.29 is 34.5 Å². The molecule has 1 aliphatic carbocycles. The monoisotopic (exact) mass is 278 g/mol. The van der Waals surface area contributed by atoms with Crippen LogP contribution in [-0.4, -0.2) is 38.5 Å². The quantitative estimate of drug-likeness (QED) is 0.615. The Hall–Kier alpha value is -1.63. The Morgan fingerprint density at radius 2 is 1.44 bits per heavy atom. The standard InChI is InChI=1S/C10H11ClO7/c11-6(12)2-3-4(8(13)14)1-5(9(15)16)7(3)10(17)18/h3-5,7H,1-2H2,(H,13,14)(H,15,16)(H,17,18). The van der Waals surface area contributed by atoms with Gasteiger partial charge in [0.1, 0.15) is 0 Å². The molecule has 4 atom stereocenters. The van der Waals surface area contributed by atoms with Crippen LogP contribution in [0.4, 0.5) is 0 Å². The average molecular weight is 279 g/mol. The second-order valence-corrected chi connectivity index (χ2v) is 4.63. The molecule has 0 saturated heterocycles. The summed E-state index contributed by atoms with van der Waals surface area (Å²) < 4.78 is 0. The first-order valence-corrected chi connectivity index (χ1v) is 5.50. The van der Waals surface area contributed by atoms with Gasteiger partial charge in [-0.05, 0) is 23.9 Å². The molecular formula is C10H11ClO7. The summed E-state index contributed by atoms with van der Waals surface area (Å²) in [7, 11) is 0. The molecule has 0 bridgehead atoms. The number of hydrogen-bond donors (Lipinski definition) is 3. The second-order valence-electron chi connectivity index (χ2n) is 4.21. The maximum Gasteiger partial charge on any atom is 0.307 e. The molecule has 8 heteroatoms. The van der Waals surface area contributed by atoms with Crippen molar-refractivity contribution in [3.05, 3.63) is 0 Å². The lowest BCUT2D eigenvalue weighted by molar-refractivity contribution is -0.154. The van der Waals surface area contributed by atoms with Gasteiger partial charge in [0.25, 0.3) is 0 Å². The maximum absolute atomic E-state index is 11.1. The van der Waals surface area contributed by atoms with Gasteiger partial charge in [-0.3, -0.25) is 19.2 Å². The van der Waals surface area contributed by atoms with Gasteiger partial charge in [-0.1, -0.05) is 0 Å². The van der Waals surface area contributed by atoms with Gasteiger partial charge >= 0.3 is 17.9 Å². The molecule has 0 aromatic rings. The van der Waals surface area contributed by atoms with E-state index in [9.17, 15) is 19.2 Å². The first kappa shape index (κ1) is 14.4. The number of halogens is 1. The summed E-state index contributed by atoms with van der Waals surface area (Å²) in [5, 5.41) is 26.0. The summed E-state index contributed by atoms with van der Waals surface area (Å²) in [5.74, 6) is -9.11. The lowest BCUT2D eigenvalue weighted by Crippen LogP contribution is -2.31. The van der Waals surface area contributed by atoms with E-state index in [0.29, 0.717) is 0 Å². The van der Waals surface area contributed by atoms with Crippen LogP contribution in [0, 0.1) is 23.7 Å². The molecule has 1 aliphatic rings. The molecule has 0 radical (unpaired) electrons. The fourth-order valence-electron chi connectivity index (χ4n) is 2.49. The highest BCUT2D eigenvalue weighted by molar-refractivity contribution is 6.63. The molecule has 0 aromatic heterocycles. The number of carbonyl (C=O) groups is 4. The minimum Gasteiger partial charge on any atom is -0.481 e. The van der Waals surface area contributed by atoms with Crippen molar-refractivity contribution in [2.45, 2.75) is 12.8 Å². The van der Waals surface area contributed by atoms with E-state index in [1.807, 2.05) is 0 Å². The van der Waals surface area contributed by atoms with Crippen LogP contribution < -0.4 is 0 Å². The second kappa shape index (κ2) is 5.34. The molecule has 1 fully saturated rings. The van der Waals surface area contributed by atoms with E-state index in [2.05, 4.69) is 0 Å². The van der Waals surface area contributed by atoms with Crippen LogP contribution in [0.25, 0.3) is 0 Å². The Kier molecular flexibility index (Phi) is 4.28. The summed E-state index contributed by atoms with van der Waals surface area (Å²) in [6.45, 7) is 0. The summed E-state index contributed by atoms with van der Waals surface area (Å²) in [5.41, 5.74) is 0. The van der Waals surface area contributed by atoms with Crippen LogP contribution in [0.3, 0.4) is 0 Å². The predicted octanol–water partition coefficient (Wildman–Crippen LogP) is 0.264. The van der Waals surface area contributed by atoms with Crippen molar-refractivity contribution in [3.8, 4) is 0 Å². The smallest absolute Gasteiger partial charge is 0.307 e. The van der Waals surface area contributed by atoms with E-state index >= 15 is 0 Å². The first-order valence-electron chi connectivity index (χ1n) is 5.12. The van der Waals surface area contributed by atoms with E-state index in [1.54, 1.807) is 0 Å². The Balaban J connectivity index is 3.10. The molecule has 0 heterocycles. The molecule has 100 valence electrons. The topological polar surface area (TPSA) is 129 Å². The van der Waals surface area contributed by atoms with E-state index in [0.717, 1.165) is 0 Å². The minimum absolute atomic E-state index is 0.309. The molecule has 1 saturated carbocycles. The molecule has 0 aliphatic heterocycles.